The fraction of sp³-hybridized carbons (Fsp3) is 0. The van der Waals surface area contributed by atoms with Gasteiger partial charge in [0.15, 0.2) is 12.2 Å². The first-order valence-corrected chi connectivity index (χ1v) is 2.79. The zero-order valence-corrected chi connectivity index (χ0v) is 5.14. The summed E-state index contributed by atoms with van der Waals surface area (Å²) >= 11 is 0. The van der Waals surface area contributed by atoms with Crippen molar-refractivity contribution < 1.29 is 8.78 Å². The predicted octanol–water partition coefficient (Wildman–Crippen LogP) is 2.73. The molecule has 0 aliphatic heterocycles. The molecule has 0 heterocycles. The van der Waals surface area contributed by atoms with Gasteiger partial charge in [0.2, 0.25) is 0 Å². The van der Waals surface area contributed by atoms with Crippen LogP contribution in [-0.2, 0) is 0 Å². The highest BCUT2D eigenvalue weighted by molar-refractivity contribution is 5.55. The Kier molecular flexibility index (Phi) is 2.15. The maximum absolute atomic E-state index is 12.3. The van der Waals surface area contributed by atoms with Crippen LogP contribution in [-0.4, -0.2) is 0 Å². The van der Waals surface area contributed by atoms with E-state index in [1.54, 1.807) is 18.2 Å². The first-order chi connectivity index (χ1) is 4.84. The van der Waals surface area contributed by atoms with Gasteiger partial charge in [0.1, 0.15) is 0 Å². The van der Waals surface area contributed by atoms with Crippen molar-refractivity contribution in [1.29, 1.82) is 0 Å². The zero-order valence-electron chi connectivity index (χ0n) is 5.14. The van der Waals surface area contributed by atoms with Crippen molar-refractivity contribution >= 4 is 5.83 Å². The van der Waals surface area contributed by atoms with E-state index < -0.39 is 5.83 Å². The van der Waals surface area contributed by atoms with Crippen LogP contribution in [0.2, 0.25) is 0 Å². The molecule has 51 valence electrons. The minimum absolute atomic E-state index is 0.213. The Labute approximate surface area is 57.8 Å². The summed E-state index contributed by atoms with van der Waals surface area (Å²) in [5, 5.41) is 0. The van der Waals surface area contributed by atoms with Crippen LogP contribution in [0.15, 0.2) is 30.3 Å². The molecule has 0 nitrogen and oxygen atoms in total. The SMILES string of the molecule is F[C]=C(F)c1ccccc1. The topological polar surface area (TPSA) is 0 Å². The molecule has 0 spiro atoms. The Hall–Kier alpha value is -1.18. The molecule has 0 aliphatic carbocycles. The van der Waals surface area contributed by atoms with E-state index in [1.165, 1.54) is 12.1 Å². The number of hydrogen-bond donors (Lipinski definition) is 0. The van der Waals surface area contributed by atoms with Gasteiger partial charge in [-0.25, -0.2) is 8.78 Å². The molecular formula is C8H5F2. The first-order valence-electron chi connectivity index (χ1n) is 2.79. The summed E-state index contributed by atoms with van der Waals surface area (Å²) in [7, 11) is 0. The molecule has 2 heteroatoms. The van der Waals surface area contributed by atoms with Crippen LogP contribution >= 0.6 is 0 Å². The Morgan fingerprint density at radius 1 is 1.20 bits per heavy atom. The molecule has 0 saturated carbocycles. The van der Waals surface area contributed by atoms with Crippen molar-refractivity contribution in [2.75, 3.05) is 0 Å². The molecule has 0 saturated heterocycles. The summed E-state index contributed by atoms with van der Waals surface area (Å²) in [6.07, 6.45) is 0.931. The maximum atomic E-state index is 12.3. The van der Waals surface area contributed by atoms with E-state index >= 15 is 0 Å². The highest BCUT2D eigenvalue weighted by Gasteiger charge is 1.96. The minimum Gasteiger partial charge on any atom is -0.203 e. The standard InChI is InChI=1S/C8H5F2/c9-6-8(10)7-4-2-1-3-5-7/h1-5H. The van der Waals surface area contributed by atoms with Gasteiger partial charge in [0.25, 0.3) is 0 Å². The summed E-state index contributed by atoms with van der Waals surface area (Å²) < 4.78 is 23.7. The van der Waals surface area contributed by atoms with Crippen LogP contribution in [0.25, 0.3) is 5.83 Å². The zero-order chi connectivity index (χ0) is 7.40. The van der Waals surface area contributed by atoms with Gasteiger partial charge in [-0.1, -0.05) is 30.3 Å². The predicted molar refractivity (Wildman–Crippen MR) is 35.3 cm³/mol. The van der Waals surface area contributed by atoms with Crippen molar-refractivity contribution in [2.45, 2.75) is 0 Å². The van der Waals surface area contributed by atoms with Crippen LogP contribution in [0, 0.1) is 6.33 Å². The molecule has 0 bridgehead atoms. The second-order valence-corrected chi connectivity index (χ2v) is 1.77. The van der Waals surface area contributed by atoms with Crippen LogP contribution in [0.1, 0.15) is 5.56 Å². The minimum atomic E-state index is -0.958. The third-order valence-electron chi connectivity index (χ3n) is 1.11. The summed E-state index contributed by atoms with van der Waals surface area (Å²) in [5.41, 5.74) is 0.213. The summed E-state index contributed by atoms with van der Waals surface area (Å²) in [5.74, 6) is -0.958. The molecule has 0 unspecified atom stereocenters. The van der Waals surface area contributed by atoms with Gasteiger partial charge < -0.3 is 0 Å². The summed E-state index contributed by atoms with van der Waals surface area (Å²) in [6, 6.07) is 7.94. The lowest BCUT2D eigenvalue weighted by molar-refractivity contribution is 0.641. The van der Waals surface area contributed by atoms with Gasteiger partial charge in [-0.05, 0) is 0 Å². The van der Waals surface area contributed by atoms with Gasteiger partial charge in [-0.2, -0.15) is 0 Å². The van der Waals surface area contributed by atoms with Crippen molar-refractivity contribution in [3.05, 3.63) is 42.2 Å². The van der Waals surface area contributed by atoms with E-state index in [2.05, 4.69) is 0 Å². The largest absolute Gasteiger partial charge is 0.203 e. The Morgan fingerprint density at radius 3 is 2.30 bits per heavy atom. The van der Waals surface area contributed by atoms with Crippen LogP contribution in [0.3, 0.4) is 0 Å². The van der Waals surface area contributed by atoms with Gasteiger partial charge in [0.05, 0.1) is 0 Å². The van der Waals surface area contributed by atoms with Crippen LogP contribution < -0.4 is 0 Å². The van der Waals surface area contributed by atoms with Gasteiger partial charge >= 0.3 is 0 Å². The molecule has 0 aromatic heterocycles. The number of hydrogen-bond acceptors (Lipinski definition) is 0. The second kappa shape index (κ2) is 3.11. The molecule has 1 aromatic carbocycles. The fourth-order valence-electron chi connectivity index (χ4n) is 0.639. The molecule has 0 N–H and O–H groups in total. The monoisotopic (exact) mass is 139 g/mol. The van der Waals surface area contributed by atoms with E-state index in [9.17, 15) is 8.78 Å². The smallest absolute Gasteiger partial charge is 0.198 e. The average Bonchev–Trinajstić information content (AvgIpc) is 2.05. The van der Waals surface area contributed by atoms with Gasteiger partial charge in [0, 0.05) is 5.56 Å². The number of rotatable bonds is 1. The Balaban J connectivity index is 2.96. The fourth-order valence-corrected chi connectivity index (χ4v) is 0.639. The molecule has 0 atom stereocenters. The van der Waals surface area contributed by atoms with E-state index in [0.29, 0.717) is 0 Å². The molecule has 1 aromatic rings. The molecule has 1 rings (SSSR count). The molecule has 1 radical (unpaired) electrons. The van der Waals surface area contributed by atoms with Crippen molar-refractivity contribution in [2.24, 2.45) is 0 Å². The number of halogens is 2. The third kappa shape index (κ3) is 1.41. The van der Waals surface area contributed by atoms with E-state index in [0.717, 1.165) is 6.33 Å². The van der Waals surface area contributed by atoms with Gasteiger partial charge in [-0.3, -0.25) is 0 Å². The molecule has 0 fully saturated rings. The van der Waals surface area contributed by atoms with E-state index in [1.807, 2.05) is 0 Å². The summed E-state index contributed by atoms with van der Waals surface area (Å²) in [4.78, 5) is 0. The van der Waals surface area contributed by atoms with Crippen molar-refractivity contribution in [1.82, 2.24) is 0 Å². The lowest BCUT2D eigenvalue weighted by atomic mass is 10.2. The van der Waals surface area contributed by atoms with Gasteiger partial charge in [-0.15, -0.1) is 0 Å². The third-order valence-corrected chi connectivity index (χ3v) is 1.11. The van der Waals surface area contributed by atoms with E-state index in [-0.39, 0.29) is 5.56 Å². The van der Waals surface area contributed by atoms with Crippen LogP contribution in [0.5, 0.6) is 0 Å². The number of benzene rings is 1. The van der Waals surface area contributed by atoms with Crippen LogP contribution in [0.4, 0.5) is 8.78 Å². The quantitative estimate of drug-likeness (QED) is 0.561. The first kappa shape index (κ1) is 6.93. The average molecular weight is 139 g/mol. The maximum Gasteiger partial charge on any atom is 0.198 e. The highest BCUT2D eigenvalue weighted by atomic mass is 19.2. The van der Waals surface area contributed by atoms with Crippen molar-refractivity contribution in [3.8, 4) is 0 Å². The van der Waals surface area contributed by atoms with Crippen molar-refractivity contribution in [3.63, 3.8) is 0 Å². The lowest BCUT2D eigenvalue weighted by Gasteiger charge is -1.91. The Morgan fingerprint density at radius 2 is 1.80 bits per heavy atom. The lowest BCUT2D eigenvalue weighted by Crippen LogP contribution is -1.73. The summed E-state index contributed by atoms with van der Waals surface area (Å²) in [6.45, 7) is 0. The normalized spacial score (nSPS) is 11.6. The van der Waals surface area contributed by atoms with E-state index in [4.69, 9.17) is 0 Å². The molecular weight excluding hydrogens is 134 g/mol. The molecule has 10 heavy (non-hydrogen) atoms. The highest BCUT2D eigenvalue weighted by Crippen LogP contribution is 2.13. The molecule has 0 amide bonds. The molecule has 0 aliphatic rings. The second-order valence-electron chi connectivity index (χ2n) is 1.77. The Bertz CT molecular complexity index is 226.